The van der Waals surface area contributed by atoms with Crippen LogP contribution in [0.2, 0.25) is 0 Å². The van der Waals surface area contributed by atoms with Gasteiger partial charge in [-0.2, -0.15) is 0 Å². The minimum absolute atomic E-state index is 0.0935. The molecule has 2 heterocycles. The molecule has 0 aliphatic carbocycles. The van der Waals surface area contributed by atoms with Gasteiger partial charge in [-0.05, 0) is 36.4 Å². The molecule has 0 amide bonds. The zero-order chi connectivity index (χ0) is 20.9. The molecular weight excluding hydrogens is 411 g/mol. The van der Waals surface area contributed by atoms with Gasteiger partial charge in [-0.3, -0.25) is 0 Å². The molecule has 0 aliphatic rings. The van der Waals surface area contributed by atoms with Crippen molar-refractivity contribution in [2.24, 2.45) is 0 Å². The van der Waals surface area contributed by atoms with Gasteiger partial charge in [0.15, 0.2) is 5.82 Å². The van der Waals surface area contributed by atoms with E-state index in [0.717, 1.165) is 12.1 Å². The maximum absolute atomic E-state index is 12.5. The lowest BCUT2D eigenvalue weighted by atomic mass is 10.3. The van der Waals surface area contributed by atoms with E-state index in [1.165, 1.54) is 12.1 Å². The smallest absolute Gasteiger partial charge is 0.404 e. The quantitative estimate of drug-likeness (QED) is 0.536. The first-order valence-corrected chi connectivity index (χ1v) is 9.78. The monoisotopic (exact) mass is 427 g/mol. The van der Waals surface area contributed by atoms with Crippen molar-refractivity contribution in [1.29, 1.82) is 0 Å². The molecule has 29 heavy (non-hydrogen) atoms. The minimum atomic E-state index is -5.00. The summed E-state index contributed by atoms with van der Waals surface area (Å²) < 4.78 is 69.8. The van der Waals surface area contributed by atoms with Crippen LogP contribution in [0.1, 0.15) is 0 Å². The van der Waals surface area contributed by atoms with Crippen LogP contribution in [0.4, 0.5) is 19.0 Å². The number of ether oxygens (including phenoxy) is 1. The number of anilines is 1. The molecule has 8 nitrogen and oxygen atoms in total. The second kappa shape index (κ2) is 8.49. The fraction of sp³-hybridized carbons (Fsp3) is 0.176. The lowest BCUT2D eigenvalue weighted by Gasteiger charge is -2.14. The molecule has 0 radical (unpaired) electrons. The van der Waals surface area contributed by atoms with Gasteiger partial charge in [0.1, 0.15) is 16.5 Å². The van der Waals surface area contributed by atoms with Crippen molar-refractivity contribution in [1.82, 2.24) is 19.5 Å². The molecule has 0 unspecified atom stereocenters. The van der Waals surface area contributed by atoms with Gasteiger partial charge in [0.25, 0.3) is 0 Å². The number of hydrogen-bond acceptors (Lipinski definition) is 6. The van der Waals surface area contributed by atoms with Crippen molar-refractivity contribution in [2.75, 3.05) is 18.4 Å². The average Bonchev–Trinajstić information content (AvgIpc) is 3.19. The molecule has 0 spiro atoms. The maximum Gasteiger partial charge on any atom is 0.573 e. The molecule has 0 atom stereocenters. The van der Waals surface area contributed by atoms with Crippen molar-refractivity contribution >= 4 is 15.8 Å². The summed E-state index contributed by atoms with van der Waals surface area (Å²) in [7, 11) is -4.21. The van der Waals surface area contributed by atoms with Crippen molar-refractivity contribution < 1.29 is 26.3 Å². The van der Waals surface area contributed by atoms with Crippen molar-refractivity contribution in [3.8, 4) is 11.6 Å². The first-order valence-electron chi connectivity index (χ1n) is 8.30. The molecule has 0 bridgehead atoms. The predicted molar refractivity (Wildman–Crippen MR) is 98.2 cm³/mol. The molecule has 0 saturated heterocycles. The highest BCUT2D eigenvalue weighted by Crippen LogP contribution is 2.29. The molecule has 0 aliphatic heterocycles. The molecule has 3 aromatic rings. The number of halogens is 3. The number of sulfonamides is 1. The summed E-state index contributed by atoms with van der Waals surface area (Å²) in [5, 5.41) is 10.9. The Morgan fingerprint density at radius 2 is 1.69 bits per heavy atom. The maximum atomic E-state index is 12.5. The Balaban J connectivity index is 1.56. The van der Waals surface area contributed by atoms with Crippen molar-refractivity contribution in [2.45, 2.75) is 11.3 Å². The first-order chi connectivity index (χ1) is 13.7. The van der Waals surface area contributed by atoms with Crippen LogP contribution >= 0.6 is 0 Å². The van der Waals surface area contributed by atoms with Crippen LogP contribution in [0.25, 0.3) is 5.82 Å². The number of hydrogen-bond donors (Lipinski definition) is 2. The van der Waals surface area contributed by atoms with Crippen LogP contribution in [-0.4, -0.2) is 42.6 Å². The molecule has 2 N–H and O–H groups in total. The Kier molecular flexibility index (Phi) is 6.03. The van der Waals surface area contributed by atoms with Crippen molar-refractivity contribution in [3.63, 3.8) is 0 Å². The topological polar surface area (TPSA) is 98.1 Å². The third-order valence-electron chi connectivity index (χ3n) is 3.61. The van der Waals surface area contributed by atoms with E-state index >= 15 is 0 Å². The lowest BCUT2D eigenvalue weighted by molar-refractivity contribution is -0.275. The van der Waals surface area contributed by atoms with Gasteiger partial charge in [0.2, 0.25) is 10.0 Å². The lowest BCUT2D eigenvalue weighted by Crippen LogP contribution is -2.30. The number of nitrogens with one attached hydrogen (secondary N) is 2. The Hall–Kier alpha value is -3.12. The highest BCUT2D eigenvalue weighted by Gasteiger charge is 2.33. The van der Waals surface area contributed by atoms with Crippen LogP contribution in [-0.2, 0) is 10.0 Å². The number of alkyl halides is 3. The number of aromatic nitrogens is 3. The molecule has 3 rings (SSSR count). The molecular formula is C17H16F3N5O3S. The van der Waals surface area contributed by atoms with Crippen LogP contribution < -0.4 is 14.8 Å². The van der Waals surface area contributed by atoms with Gasteiger partial charge >= 0.3 is 6.36 Å². The second-order valence-electron chi connectivity index (χ2n) is 5.69. The van der Waals surface area contributed by atoms with Crippen LogP contribution in [0, 0.1) is 0 Å². The molecule has 0 saturated carbocycles. The number of benzene rings is 1. The predicted octanol–water partition coefficient (Wildman–Crippen LogP) is 2.56. The summed E-state index contributed by atoms with van der Waals surface area (Å²) in [6.07, 6.45) is -1.38. The average molecular weight is 427 g/mol. The van der Waals surface area contributed by atoms with Crippen LogP contribution in [0.15, 0.2) is 65.8 Å². The third kappa shape index (κ3) is 5.68. The Morgan fingerprint density at radius 3 is 2.34 bits per heavy atom. The summed E-state index contributed by atoms with van der Waals surface area (Å²) in [6, 6.07) is 11.6. The first kappa shape index (κ1) is 20.6. The van der Waals surface area contributed by atoms with Gasteiger partial charge in [-0.25, -0.2) is 13.1 Å². The third-order valence-corrected chi connectivity index (χ3v) is 5.11. The normalized spacial score (nSPS) is 12.0. The van der Waals surface area contributed by atoms with E-state index in [-0.39, 0.29) is 13.1 Å². The summed E-state index contributed by atoms with van der Waals surface area (Å²) in [4.78, 5) is -0.604. The Labute approximate surface area is 164 Å². The van der Waals surface area contributed by atoms with E-state index in [0.29, 0.717) is 11.6 Å². The Bertz CT molecular complexity index is 1040. The molecule has 2 aromatic heterocycles. The molecule has 1 aromatic carbocycles. The van der Waals surface area contributed by atoms with E-state index < -0.39 is 27.0 Å². The van der Waals surface area contributed by atoms with Gasteiger partial charge in [-0.1, -0.05) is 12.1 Å². The van der Waals surface area contributed by atoms with E-state index in [1.54, 1.807) is 16.7 Å². The Morgan fingerprint density at radius 1 is 0.966 bits per heavy atom. The van der Waals surface area contributed by atoms with E-state index in [1.807, 2.05) is 24.5 Å². The van der Waals surface area contributed by atoms with E-state index in [9.17, 15) is 21.6 Å². The zero-order valence-corrected chi connectivity index (χ0v) is 15.6. The molecule has 12 heteroatoms. The van der Waals surface area contributed by atoms with Crippen molar-refractivity contribution in [3.05, 3.63) is 60.9 Å². The second-order valence-corrected chi connectivity index (χ2v) is 7.42. The number of para-hydroxylation sites is 1. The SMILES string of the molecule is O=S(=O)(NCCNc1ccc(-n2cccc2)nn1)c1ccccc1OC(F)(F)F. The van der Waals surface area contributed by atoms with Gasteiger partial charge in [0.05, 0.1) is 0 Å². The molecule has 154 valence electrons. The fourth-order valence-electron chi connectivity index (χ4n) is 2.38. The summed E-state index contributed by atoms with van der Waals surface area (Å²) in [5.74, 6) is 0.232. The highest BCUT2D eigenvalue weighted by atomic mass is 32.2. The zero-order valence-electron chi connectivity index (χ0n) is 14.8. The highest BCUT2D eigenvalue weighted by molar-refractivity contribution is 7.89. The van der Waals surface area contributed by atoms with Crippen LogP contribution in [0.5, 0.6) is 5.75 Å². The minimum Gasteiger partial charge on any atom is -0.404 e. The summed E-state index contributed by atoms with van der Waals surface area (Å²) in [5.41, 5.74) is 0. The van der Waals surface area contributed by atoms with E-state index in [2.05, 4.69) is 25.0 Å². The van der Waals surface area contributed by atoms with E-state index in [4.69, 9.17) is 0 Å². The summed E-state index contributed by atoms with van der Waals surface area (Å²) >= 11 is 0. The number of rotatable bonds is 8. The van der Waals surface area contributed by atoms with Gasteiger partial charge in [-0.15, -0.1) is 23.4 Å². The fourth-order valence-corrected chi connectivity index (χ4v) is 3.54. The number of nitrogens with zero attached hydrogens (tertiary/aromatic N) is 3. The van der Waals surface area contributed by atoms with Gasteiger partial charge in [0, 0.05) is 25.5 Å². The van der Waals surface area contributed by atoms with Crippen LogP contribution in [0.3, 0.4) is 0 Å². The molecule has 0 fully saturated rings. The summed E-state index contributed by atoms with van der Waals surface area (Å²) in [6.45, 7) is 0.0444. The standard InChI is InChI=1S/C17H16F3N5O3S/c18-17(19,20)28-13-5-1-2-6-14(13)29(26,27)22-10-9-21-15-7-8-16(24-23-15)25-11-3-4-12-25/h1-8,11-12,22H,9-10H2,(H,21,23). The van der Waals surface area contributed by atoms with Gasteiger partial charge < -0.3 is 14.6 Å². The largest absolute Gasteiger partial charge is 0.573 e.